The molecule has 0 saturated heterocycles. The zero-order valence-corrected chi connectivity index (χ0v) is 21.3. The van der Waals surface area contributed by atoms with Gasteiger partial charge in [-0.05, 0) is 98.9 Å². The molecule has 10 heteroatoms. The van der Waals surface area contributed by atoms with Gasteiger partial charge in [-0.25, -0.2) is 8.78 Å². The zero-order chi connectivity index (χ0) is 28.2. The number of alkyl halides is 5. The summed E-state index contributed by atoms with van der Waals surface area (Å²) in [5, 5.41) is 0. The van der Waals surface area contributed by atoms with E-state index in [1.165, 1.54) is 18.2 Å². The fraction of sp³-hybridized carbons (Fsp3) is 0.517. The van der Waals surface area contributed by atoms with Crippen LogP contribution in [0.5, 0.6) is 11.5 Å². The molecule has 0 aromatic heterocycles. The Bertz CT molecular complexity index is 1120. The summed E-state index contributed by atoms with van der Waals surface area (Å²) in [5.41, 5.74) is -0.185. The van der Waals surface area contributed by atoms with Gasteiger partial charge in [0, 0.05) is 6.07 Å². The third-order valence-corrected chi connectivity index (χ3v) is 7.75. The van der Waals surface area contributed by atoms with Gasteiger partial charge in [0.15, 0.2) is 11.6 Å². The van der Waals surface area contributed by atoms with Gasteiger partial charge in [0.25, 0.3) is 0 Å². The maximum absolute atomic E-state index is 14.8. The Morgan fingerprint density at radius 1 is 0.795 bits per heavy atom. The molecule has 4 rings (SSSR count). The normalized spacial score (nSPS) is 24.3. The molecular weight excluding hydrogens is 529 g/mol. The van der Waals surface area contributed by atoms with Gasteiger partial charge in [-0.3, -0.25) is 0 Å². The highest BCUT2D eigenvalue weighted by atomic mass is 19.4. The quantitative estimate of drug-likeness (QED) is 0.226. The van der Waals surface area contributed by atoms with Crippen LogP contribution in [-0.4, -0.2) is 19.1 Å². The number of halogens is 7. The smallest absolute Gasteiger partial charge is 0.489 e. The minimum Gasteiger partial charge on any atom is -0.489 e. The topological polar surface area (TPSA) is 27.7 Å². The van der Waals surface area contributed by atoms with Crippen LogP contribution in [0.15, 0.2) is 49.1 Å². The fourth-order valence-corrected chi connectivity index (χ4v) is 5.83. The monoisotopic (exact) mass is 560 g/mol. The third-order valence-electron chi connectivity index (χ3n) is 7.75. The molecule has 0 atom stereocenters. The zero-order valence-electron chi connectivity index (χ0n) is 21.3. The maximum atomic E-state index is 14.8. The SMILES string of the molecule is C=CCOc1ccc(C(F)(F)OC2CCC(C3CCC(c4ccc(OC(F)(F)F)c(F)c4)CC3)CC2)c(F)c1. The minimum atomic E-state index is -4.96. The first-order valence-corrected chi connectivity index (χ1v) is 13.1. The van der Waals surface area contributed by atoms with Crippen molar-refractivity contribution < 1.29 is 44.9 Å². The molecule has 2 fully saturated rings. The van der Waals surface area contributed by atoms with Crippen LogP contribution in [0, 0.1) is 23.5 Å². The lowest BCUT2D eigenvalue weighted by atomic mass is 9.69. The average molecular weight is 561 g/mol. The molecule has 39 heavy (non-hydrogen) atoms. The van der Waals surface area contributed by atoms with E-state index in [0.717, 1.165) is 49.9 Å². The Morgan fingerprint density at radius 3 is 2.00 bits per heavy atom. The Kier molecular flexibility index (Phi) is 9.14. The molecule has 0 unspecified atom stereocenters. The molecular formula is C29H31F7O3. The van der Waals surface area contributed by atoms with Crippen LogP contribution in [0.25, 0.3) is 0 Å². The Morgan fingerprint density at radius 2 is 1.44 bits per heavy atom. The molecule has 0 amide bonds. The third kappa shape index (κ3) is 7.68. The van der Waals surface area contributed by atoms with Crippen molar-refractivity contribution in [2.24, 2.45) is 11.8 Å². The molecule has 2 aromatic rings. The van der Waals surface area contributed by atoms with Crippen molar-refractivity contribution in [2.75, 3.05) is 6.61 Å². The number of ether oxygens (including phenoxy) is 3. The van der Waals surface area contributed by atoms with Gasteiger partial charge in [-0.15, -0.1) is 13.2 Å². The highest BCUT2D eigenvalue weighted by molar-refractivity contribution is 5.32. The summed E-state index contributed by atoms with van der Waals surface area (Å²) in [4.78, 5) is 0. The molecule has 0 spiro atoms. The second kappa shape index (κ2) is 12.2. The summed E-state index contributed by atoms with van der Waals surface area (Å²) in [6, 6.07) is 6.74. The Balaban J connectivity index is 1.25. The van der Waals surface area contributed by atoms with Crippen molar-refractivity contribution in [3.63, 3.8) is 0 Å². The first-order valence-electron chi connectivity index (χ1n) is 13.1. The average Bonchev–Trinajstić information content (AvgIpc) is 2.88. The molecule has 0 radical (unpaired) electrons. The van der Waals surface area contributed by atoms with E-state index in [0.29, 0.717) is 43.1 Å². The largest absolute Gasteiger partial charge is 0.573 e. The standard InChI is InChI=1S/C29H31F7O3/c1-2-15-37-23-12-13-24(25(30)17-23)28(32,33)38-22-10-7-19(8-11-22)18-3-5-20(6-4-18)21-9-14-27(26(31)16-21)39-29(34,35)36/h2,9,12-14,16-20,22H,1,3-8,10-11,15H2. The number of hydrogen-bond donors (Lipinski definition) is 0. The van der Waals surface area contributed by atoms with Crippen LogP contribution in [0.2, 0.25) is 0 Å². The van der Waals surface area contributed by atoms with Crippen molar-refractivity contribution in [2.45, 2.75) is 75.9 Å². The van der Waals surface area contributed by atoms with Gasteiger partial charge >= 0.3 is 12.5 Å². The van der Waals surface area contributed by atoms with Crippen molar-refractivity contribution in [3.8, 4) is 11.5 Å². The number of rotatable bonds is 9. The molecule has 214 valence electrons. The summed E-state index contributed by atoms with van der Waals surface area (Å²) in [7, 11) is 0. The summed E-state index contributed by atoms with van der Waals surface area (Å²) >= 11 is 0. The van der Waals surface area contributed by atoms with Crippen molar-refractivity contribution in [3.05, 3.63) is 71.8 Å². The van der Waals surface area contributed by atoms with Crippen LogP contribution in [0.1, 0.15) is 68.4 Å². The van der Waals surface area contributed by atoms with Gasteiger partial charge in [-0.1, -0.05) is 18.7 Å². The fourth-order valence-electron chi connectivity index (χ4n) is 5.83. The Labute approximate surface area is 222 Å². The van der Waals surface area contributed by atoms with Gasteiger partial charge in [-0.2, -0.15) is 8.78 Å². The summed E-state index contributed by atoms with van der Waals surface area (Å²) in [6.45, 7) is 3.61. The summed E-state index contributed by atoms with van der Waals surface area (Å²) < 4.78 is 109. The second-order valence-corrected chi connectivity index (χ2v) is 10.3. The van der Waals surface area contributed by atoms with Gasteiger partial charge in [0.05, 0.1) is 11.7 Å². The summed E-state index contributed by atoms with van der Waals surface area (Å²) in [5.74, 6) is -2.09. The van der Waals surface area contributed by atoms with Crippen LogP contribution < -0.4 is 9.47 Å². The van der Waals surface area contributed by atoms with E-state index in [1.54, 1.807) is 0 Å². The number of hydrogen-bond acceptors (Lipinski definition) is 3. The Hall–Kier alpha value is -2.75. The molecule has 2 aliphatic carbocycles. The van der Waals surface area contributed by atoms with E-state index in [2.05, 4.69) is 11.3 Å². The predicted molar refractivity (Wildman–Crippen MR) is 131 cm³/mol. The van der Waals surface area contributed by atoms with Crippen molar-refractivity contribution in [1.29, 1.82) is 0 Å². The van der Waals surface area contributed by atoms with Crippen LogP contribution in [-0.2, 0) is 10.8 Å². The van der Waals surface area contributed by atoms with E-state index in [-0.39, 0.29) is 18.3 Å². The first-order chi connectivity index (χ1) is 18.4. The van der Waals surface area contributed by atoms with E-state index in [4.69, 9.17) is 9.47 Å². The lowest BCUT2D eigenvalue weighted by molar-refractivity contribution is -0.279. The summed E-state index contributed by atoms with van der Waals surface area (Å²) in [6.07, 6.45) is -2.38. The molecule has 2 aliphatic rings. The van der Waals surface area contributed by atoms with Gasteiger partial charge < -0.3 is 14.2 Å². The van der Waals surface area contributed by atoms with Crippen molar-refractivity contribution >= 4 is 0 Å². The van der Waals surface area contributed by atoms with E-state index in [1.807, 2.05) is 0 Å². The van der Waals surface area contributed by atoms with Crippen LogP contribution in [0.4, 0.5) is 30.7 Å². The highest BCUT2D eigenvalue weighted by Gasteiger charge is 2.41. The van der Waals surface area contributed by atoms with E-state index >= 15 is 0 Å². The lowest BCUT2D eigenvalue weighted by Crippen LogP contribution is -2.32. The first kappa shape index (κ1) is 29.2. The molecule has 2 aromatic carbocycles. The minimum absolute atomic E-state index is 0.0394. The second-order valence-electron chi connectivity index (χ2n) is 10.3. The molecule has 2 saturated carbocycles. The molecule has 0 N–H and O–H groups in total. The van der Waals surface area contributed by atoms with Crippen molar-refractivity contribution in [1.82, 2.24) is 0 Å². The molecule has 0 heterocycles. The van der Waals surface area contributed by atoms with Gasteiger partial charge in [0.1, 0.15) is 18.2 Å². The predicted octanol–water partition coefficient (Wildman–Crippen LogP) is 9.03. The van der Waals surface area contributed by atoms with Gasteiger partial charge in [0.2, 0.25) is 0 Å². The lowest BCUT2D eigenvalue weighted by Gasteiger charge is -2.38. The molecule has 0 aliphatic heterocycles. The van der Waals surface area contributed by atoms with Crippen LogP contribution >= 0.6 is 0 Å². The highest BCUT2D eigenvalue weighted by Crippen LogP contribution is 2.45. The molecule has 3 nitrogen and oxygen atoms in total. The molecule has 0 bridgehead atoms. The van der Waals surface area contributed by atoms with E-state index in [9.17, 15) is 30.7 Å². The number of benzene rings is 2. The maximum Gasteiger partial charge on any atom is 0.573 e. The van der Waals surface area contributed by atoms with E-state index < -0.39 is 41.5 Å². The van der Waals surface area contributed by atoms with Crippen LogP contribution in [0.3, 0.4) is 0 Å².